The smallest absolute Gasteiger partial charge is 0.205 e. The summed E-state index contributed by atoms with van der Waals surface area (Å²) in [4.78, 5) is 6.81. The van der Waals surface area contributed by atoms with Crippen LogP contribution in [0.3, 0.4) is 0 Å². The maximum atomic E-state index is 5.87. The summed E-state index contributed by atoms with van der Waals surface area (Å²) in [5.74, 6) is 0.933. The lowest BCUT2D eigenvalue weighted by Gasteiger charge is -2.14. The Kier molecular flexibility index (Phi) is 2.68. The maximum absolute atomic E-state index is 5.87. The molecule has 15 heavy (non-hydrogen) atoms. The third kappa shape index (κ3) is 2.29. The minimum Gasteiger partial charge on any atom is -0.345 e. The maximum Gasteiger partial charge on any atom is 0.205 e. The Morgan fingerprint density at radius 2 is 2.20 bits per heavy atom. The molecule has 1 aromatic rings. The fourth-order valence-electron chi connectivity index (χ4n) is 1.61. The van der Waals surface area contributed by atoms with Crippen molar-refractivity contribution in [2.24, 2.45) is 5.73 Å². The second kappa shape index (κ2) is 3.72. The van der Waals surface area contributed by atoms with Crippen LogP contribution in [0.2, 0.25) is 0 Å². The lowest BCUT2D eigenvalue weighted by Crippen LogP contribution is -2.26. The van der Waals surface area contributed by atoms with Crippen molar-refractivity contribution in [1.29, 1.82) is 0 Å². The van der Waals surface area contributed by atoms with Crippen LogP contribution < -0.4 is 10.6 Å². The molecule has 1 aliphatic heterocycles. The van der Waals surface area contributed by atoms with Crippen molar-refractivity contribution in [3.05, 3.63) is 5.82 Å². The highest BCUT2D eigenvalue weighted by Crippen LogP contribution is 2.27. The highest BCUT2D eigenvalue weighted by atomic mass is 32.1. The van der Waals surface area contributed by atoms with E-state index in [9.17, 15) is 0 Å². The van der Waals surface area contributed by atoms with E-state index >= 15 is 0 Å². The molecule has 5 heteroatoms. The molecular weight excluding hydrogens is 208 g/mol. The zero-order valence-corrected chi connectivity index (χ0v) is 10.3. The Labute approximate surface area is 94.7 Å². The van der Waals surface area contributed by atoms with E-state index in [1.54, 1.807) is 0 Å². The summed E-state index contributed by atoms with van der Waals surface area (Å²) < 4.78 is 4.41. The molecule has 2 rings (SSSR count). The largest absolute Gasteiger partial charge is 0.345 e. The second-order valence-corrected chi connectivity index (χ2v) is 5.88. The SMILES string of the molecule is CC(C)(C)c1nsc(N2CCC(N)C2)n1. The van der Waals surface area contributed by atoms with Crippen LogP contribution in [0.15, 0.2) is 0 Å². The van der Waals surface area contributed by atoms with Crippen molar-refractivity contribution >= 4 is 16.7 Å². The van der Waals surface area contributed by atoms with E-state index in [-0.39, 0.29) is 5.41 Å². The molecule has 0 bridgehead atoms. The molecule has 0 aliphatic carbocycles. The molecule has 0 aromatic carbocycles. The van der Waals surface area contributed by atoms with Crippen molar-refractivity contribution < 1.29 is 0 Å². The van der Waals surface area contributed by atoms with Crippen molar-refractivity contribution in [3.8, 4) is 0 Å². The van der Waals surface area contributed by atoms with Gasteiger partial charge in [-0.05, 0) is 6.42 Å². The minimum atomic E-state index is 0.0383. The third-order valence-corrected chi connectivity index (χ3v) is 3.36. The predicted octanol–water partition coefficient (Wildman–Crippen LogP) is 1.37. The first-order valence-corrected chi connectivity index (χ1v) is 6.09. The van der Waals surface area contributed by atoms with E-state index in [0.29, 0.717) is 6.04 Å². The van der Waals surface area contributed by atoms with Gasteiger partial charge in [0.05, 0.1) is 0 Å². The number of aromatic nitrogens is 2. The normalized spacial score (nSPS) is 22.4. The number of rotatable bonds is 1. The Morgan fingerprint density at radius 3 is 2.67 bits per heavy atom. The topological polar surface area (TPSA) is 55.0 Å². The minimum absolute atomic E-state index is 0.0383. The lowest BCUT2D eigenvalue weighted by atomic mass is 9.96. The molecule has 1 saturated heterocycles. The van der Waals surface area contributed by atoms with E-state index in [4.69, 9.17) is 5.73 Å². The summed E-state index contributed by atoms with van der Waals surface area (Å²) in [5.41, 5.74) is 5.91. The van der Waals surface area contributed by atoms with Crippen molar-refractivity contribution in [3.63, 3.8) is 0 Å². The van der Waals surface area contributed by atoms with E-state index in [0.717, 1.165) is 30.5 Å². The molecule has 1 aromatic heterocycles. The predicted molar refractivity (Wildman–Crippen MR) is 63.4 cm³/mol. The van der Waals surface area contributed by atoms with Gasteiger partial charge in [-0.25, -0.2) is 4.98 Å². The monoisotopic (exact) mass is 226 g/mol. The van der Waals surface area contributed by atoms with Gasteiger partial charge in [0.2, 0.25) is 5.13 Å². The van der Waals surface area contributed by atoms with Crippen LogP contribution in [0.25, 0.3) is 0 Å². The molecule has 84 valence electrons. The van der Waals surface area contributed by atoms with Crippen molar-refractivity contribution in [2.45, 2.75) is 38.6 Å². The number of anilines is 1. The molecule has 2 heterocycles. The molecule has 0 amide bonds. The first kappa shape index (κ1) is 10.8. The number of nitrogens with zero attached hydrogens (tertiary/aromatic N) is 3. The lowest BCUT2D eigenvalue weighted by molar-refractivity contribution is 0.554. The standard InChI is InChI=1S/C10H18N4S/c1-10(2,3)8-12-9(15-13-8)14-5-4-7(11)6-14/h7H,4-6,11H2,1-3H3. The Hall–Kier alpha value is -0.680. The zero-order valence-electron chi connectivity index (χ0n) is 9.53. The van der Waals surface area contributed by atoms with E-state index in [2.05, 4.69) is 35.0 Å². The summed E-state index contributed by atoms with van der Waals surface area (Å²) in [5, 5.41) is 1.02. The zero-order chi connectivity index (χ0) is 11.1. The fourth-order valence-corrected chi connectivity index (χ4v) is 2.50. The van der Waals surface area contributed by atoms with E-state index in [1.165, 1.54) is 11.5 Å². The van der Waals surface area contributed by atoms with Gasteiger partial charge in [0.1, 0.15) is 5.82 Å². The van der Waals surface area contributed by atoms with Crippen LogP contribution in [-0.4, -0.2) is 28.5 Å². The summed E-state index contributed by atoms with van der Waals surface area (Å²) in [6.07, 6.45) is 1.06. The molecule has 1 fully saturated rings. The van der Waals surface area contributed by atoms with Crippen molar-refractivity contribution in [1.82, 2.24) is 9.36 Å². The molecule has 1 atom stereocenters. The summed E-state index contributed by atoms with van der Waals surface area (Å²) >= 11 is 1.48. The van der Waals surface area contributed by atoms with Gasteiger partial charge in [-0.1, -0.05) is 20.8 Å². The molecule has 1 aliphatic rings. The number of nitrogens with two attached hydrogens (primary N) is 1. The fraction of sp³-hybridized carbons (Fsp3) is 0.800. The molecule has 4 nitrogen and oxygen atoms in total. The van der Waals surface area contributed by atoms with Crippen LogP contribution in [0.5, 0.6) is 0 Å². The highest BCUT2D eigenvalue weighted by Gasteiger charge is 2.25. The van der Waals surface area contributed by atoms with Crippen LogP contribution >= 0.6 is 11.5 Å². The Bertz CT molecular complexity index is 341. The quantitative estimate of drug-likeness (QED) is 0.786. The van der Waals surface area contributed by atoms with Crippen molar-refractivity contribution in [2.75, 3.05) is 18.0 Å². The van der Waals surface area contributed by atoms with Gasteiger partial charge in [-0.3, -0.25) is 0 Å². The van der Waals surface area contributed by atoms with Gasteiger partial charge in [-0.2, -0.15) is 4.37 Å². The molecule has 2 N–H and O–H groups in total. The number of hydrogen-bond acceptors (Lipinski definition) is 5. The third-order valence-electron chi connectivity index (χ3n) is 2.58. The number of hydrogen-bond donors (Lipinski definition) is 1. The van der Waals surface area contributed by atoms with Gasteiger partial charge >= 0.3 is 0 Å². The Balaban J connectivity index is 2.14. The summed E-state index contributed by atoms with van der Waals surface area (Å²) in [6, 6.07) is 0.298. The van der Waals surface area contributed by atoms with Gasteiger partial charge < -0.3 is 10.6 Å². The first-order chi connectivity index (χ1) is 6.97. The molecular formula is C10H18N4S. The average Bonchev–Trinajstić information content (AvgIpc) is 2.69. The summed E-state index contributed by atoms with van der Waals surface area (Å²) in [6.45, 7) is 8.33. The average molecular weight is 226 g/mol. The van der Waals surface area contributed by atoms with E-state index < -0.39 is 0 Å². The van der Waals surface area contributed by atoms with E-state index in [1.807, 2.05) is 0 Å². The second-order valence-electron chi connectivity index (χ2n) is 5.15. The Morgan fingerprint density at radius 1 is 1.47 bits per heavy atom. The molecule has 0 saturated carbocycles. The van der Waals surface area contributed by atoms with Crippen LogP contribution in [0.1, 0.15) is 33.0 Å². The molecule has 0 radical (unpaired) electrons. The van der Waals surface area contributed by atoms with Gasteiger partial charge in [0, 0.05) is 36.1 Å². The van der Waals surface area contributed by atoms with Crippen LogP contribution in [-0.2, 0) is 5.41 Å². The highest BCUT2D eigenvalue weighted by molar-refractivity contribution is 7.09. The molecule has 0 spiro atoms. The van der Waals surface area contributed by atoms with Gasteiger partial charge in [0.25, 0.3) is 0 Å². The molecule has 1 unspecified atom stereocenters. The summed E-state index contributed by atoms with van der Waals surface area (Å²) in [7, 11) is 0. The van der Waals surface area contributed by atoms with Gasteiger partial charge in [0.15, 0.2) is 0 Å². The van der Waals surface area contributed by atoms with Crippen LogP contribution in [0, 0.1) is 0 Å². The van der Waals surface area contributed by atoms with Crippen LogP contribution in [0.4, 0.5) is 5.13 Å². The van der Waals surface area contributed by atoms with Gasteiger partial charge in [-0.15, -0.1) is 0 Å². The first-order valence-electron chi connectivity index (χ1n) is 5.31.